The highest BCUT2D eigenvalue weighted by Gasteiger charge is 2.46. The molecule has 1 aliphatic carbocycles. The number of nitrogens with zero attached hydrogens (tertiary/aromatic N) is 5. The highest BCUT2D eigenvalue weighted by Crippen LogP contribution is 2.39. The van der Waals surface area contributed by atoms with Gasteiger partial charge in [-0.05, 0) is 49.1 Å². The third-order valence-corrected chi connectivity index (χ3v) is 8.21. The zero-order valence-electron chi connectivity index (χ0n) is 22.3. The summed E-state index contributed by atoms with van der Waals surface area (Å²) in [4.78, 5) is 31.9. The van der Waals surface area contributed by atoms with Crippen LogP contribution in [0.1, 0.15) is 31.4 Å². The average molecular weight is 555 g/mol. The van der Waals surface area contributed by atoms with E-state index in [0.29, 0.717) is 37.3 Å². The molecule has 2 aliphatic heterocycles. The fraction of sp³-hybridized carbons (Fsp3) is 0.448. The SMILES string of the molecule is CC(=O)N1CCN(C(=O)C2CN(c3ccc(N)nn3)C[C@H]2C2C=CC(F)=CC2F)CCCC1c1ccccc1F. The van der Waals surface area contributed by atoms with Crippen molar-refractivity contribution >= 4 is 23.5 Å². The van der Waals surface area contributed by atoms with Crippen LogP contribution in [-0.4, -0.2) is 70.7 Å². The molecule has 2 amide bonds. The number of halogens is 3. The zero-order valence-corrected chi connectivity index (χ0v) is 22.3. The van der Waals surface area contributed by atoms with Crippen LogP contribution >= 0.6 is 0 Å². The first kappa shape index (κ1) is 27.7. The van der Waals surface area contributed by atoms with Crippen molar-refractivity contribution in [3.8, 4) is 0 Å². The molecular weight excluding hydrogens is 521 g/mol. The Morgan fingerprint density at radius 1 is 1.02 bits per heavy atom. The van der Waals surface area contributed by atoms with Crippen LogP contribution in [0.5, 0.6) is 0 Å². The number of carbonyl (C=O) groups is 2. The van der Waals surface area contributed by atoms with Crippen molar-refractivity contribution in [3.05, 3.63) is 71.8 Å². The molecule has 1 aromatic carbocycles. The molecule has 0 bridgehead atoms. The Hall–Kier alpha value is -3.89. The van der Waals surface area contributed by atoms with E-state index in [4.69, 9.17) is 5.73 Å². The van der Waals surface area contributed by atoms with Gasteiger partial charge in [-0.1, -0.05) is 24.3 Å². The quantitative estimate of drug-likeness (QED) is 0.617. The maximum absolute atomic E-state index is 15.1. The summed E-state index contributed by atoms with van der Waals surface area (Å²) in [6, 6.07) is 9.35. The number of alkyl halides is 1. The Bertz CT molecular complexity index is 1300. The summed E-state index contributed by atoms with van der Waals surface area (Å²) < 4.78 is 43.5. The summed E-state index contributed by atoms with van der Waals surface area (Å²) in [6.07, 6.45) is 3.19. The minimum Gasteiger partial charge on any atom is -0.382 e. The number of nitrogen functional groups attached to an aromatic ring is 1. The number of carbonyl (C=O) groups excluding carboxylic acids is 2. The monoisotopic (exact) mass is 554 g/mol. The molecule has 0 saturated carbocycles. The van der Waals surface area contributed by atoms with Gasteiger partial charge < -0.3 is 20.4 Å². The maximum Gasteiger partial charge on any atom is 0.227 e. The van der Waals surface area contributed by atoms with Crippen molar-refractivity contribution in [2.75, 3.05) is 43.4 Å². The standard InChI is InChI=1S/C29H33F3N6O2/c1-18(39)38-14-13-36(12-4-7-26(38)21-5-2-3-6-24(21)31)29(40)23-17-37(28-11-10-27(33)34-35-28)16-22(23)20-9-8-19(30)15-25(20)32/h2-3,5-6,8-11,15,20,22-23,25-26H,4,7,12-14,16-17H2,1H3,(H2,33,34)/t20?,22-,23?,25?,26?/m0/s1. The average Bonchev–Trinajstić information content (AvgIpc) is 3.34. The van der Waals surface area contributed by atoms with Crippen LogP contribution in [0.25, 0.3) is 0 Å². The summed E-state index contributed by atoms with van der Waals surface area (Å²) in [5.74, 6) is -2.28. The lowest BCUT2D eigenvalue weighted by atomic mass is 9.78. The fourth-order valence-corrected chi connectivity index (χ4v) is 6.21. The van der Waals surface area contributed by atoms with E-state index in [2.05, 4.69) is 10.2 Å². The summed E-state index contributed by atoms with van der Waals surface area (Å²) in [5.41, 5.74) is 6.15. The largest absolute Gasteiger partial charge is 0.382 e. The van der Waals surface area contributed by atoms with Crippen molar-refractivity contribution in [2.24, 2.45) is 17.8 Å². The number of aromatic nitrogens is 2. The minimum atomic E-state index is -1.56. The number of nitrogens with two attached hydrogens (primary N) is 1. The molecule has 2 aromatic rings. The molecule has 0 radical (unpaired) electrons. The molecule has 2 fully saturated rings. The third kappa shape index (κ3) is 5.68. The van der Waals surface area contributed by atoms with E-state index in [1.165, 1.54) is 25.1 Å². The van der Waals surface area contributed by atoms with E-state index >= 15 is 4.39 Å². The highest BCUT2D eigenvalue weighted by atomic mass is 19.1. The molecule has 5 rings (SSSR count). The molecule has 4 unspecified atom stereocenters. The molecule has 3 aliphatic rings. The van der Waals surface area contributed by atoms with Gasteiger partial charge in [0.25, 0.3) is 0 Å². The Labute approximate surface area is 231 Å². The van der Waals surface area contributed by atoms with E-state index in [0.717, 1.165) is 6.08 Å². The summed E-state index contributed by atoms with van der Waals surface area (Å²) >= 11 is 0. The van der Waals surface area contributed by atoms with Crippen LogP contribution < -0.4 is 10.6 Å². The Balaban J connectivity index is 1.37. The second kappa shape index (κ2) is 11.7. The number of anilines is 2. The highest BCUT2D eigenvalue weighted by molar-refractivity contribution is 5.81. The summed E-state index contributed by atoms with van der Waals surface area (Å²) in [6.45, 7) is 3.01. The van der Waals surface area contributed by atoms with Gasteiger partial charge in [-0.15, -0.1) is 10.2 Å². The van der Waals surface area contributed by atoms with Crippen LogP contribution in [-0.2, 0) is 9.59 Å². The van der Waals surface area contributed by atoms with Gasteiger partial charge >= 0.3 is 0 Å². The van der Waals surface area contributed by atoms with Gasteiger partial charge in [-0.25, -0.2) is 13.2 Å². The molecule has 8 nitrogen and oxygen atoms in total. The van der Waals surface area contributed by atoms with E-state index in [1.807, 2.05) is 4.90 Å². The van der Waals surface area contributed by atoms with Gasteiger partial charge in [-0.3, -0.25) is 9.59 Å². The first-order chi connectivity index (χ1) is 19.2. The topological polar surface area (TPSA) is 95.7 Å². The minimum absolute atomic E-state index is 0.153. The first-order valence-electron chi connectivity index (χ1n) is 13.6. The number of amides is 2. The van der Waals surface area contributed by atoms with E-state index < -0.39 is 35.8 Å². The normalized spacial score (nSPS) is 27.2. The Kier molecular flexibility index (Phi) is 8.09. The molecule has 212 valence electrons. The molecule has 2 saturated heterocycles. The van der Waals surface area contributed by atoms with Crippen molar-refractivity contribution < 1.29 is 22.8 Å². The predicted octanol–water partition coefficient (Wildman–Crippen LogP) is 3.84. The molecule has 40 heavy (non-hydrogen) atoms. The number of allylic oxidation sites excluding steroid dienone is 4. The number of hydrogen-bond acceptors (Lipinski definition) is 6. The van der Waals surface area contributed by atoms with Crippen LogP contribution in [0.4, 0.5) is 24.8 Å². The fourth-order valence-electron chi connectivity index (χ4n) is 6.21. The second-order valence-electron chi connectivity index (χ2n) is 10.6. The van der Waals surface area contributed by atoms with Gasteiger partial charge in [-0.2, -0.15) is 0 Å². The molecular formula is C29H33F3N6O2. The zero-order chi connectivity index (χ0) is 28.4. The van der Waals surface area contributed by atoms with Crippen molar-refractivity contribution in [3.63, 3.8) is 0 Å². The smallest absolute Gasteiger partial charge is 0.227 e. The molecule has 1 aromatic heterocycles. The van der Waals surface area contributed by atoms with Crippen LogP contribution in [0.15, 0.2) is 60.5 Å². The Morgan fingerprint density at radius 3 is 2.52 bits per heavy atom. The second-order valence-corrected chi connectivity index (χ2v) is 10.6. The van der Waals surface area contributed by atoms with Crippen molar-refractivity contribution in [2.45, 2.75) is 32.0 Å². The molecule has 3 heterocycles. The van der Waals surface area contributed by atoms with E-state index in [-0.39, 0.29) is 43.1 Å². The van der Waals surface area contributed by atoms with Gasteiger partial charge in [0.05, 0.1) is 12.0 Å². The number of benzene rings is 1. The summed E-state index contributed by atoms with van der Waals surface area (Å²) in [7, 11) is 0. The van der Waals surface area contributed by atoms with Crippen LogP contribution in [0, 0.1) is 23.6 Å². The first-order valence-corrected chi connectivity index (χ1v) is 13.6. The predicted molar refractivity (Wildman–Crippen MR) is 145 cm³/mol. The molecule has 11 heteroatoms. The molecule has 0 spiro atoms. The lowest BCUT2D eigenvalue weighted by molar-refractivity contribution is -0.140. The summed E-state index contributed by atoms with van der Waals surface area (Å²) in [5, 5.41) is 8.06. The molecule has 5 atom stereocenters. The number of rotatable bonds is 4. The van der Waals surface area contributed by atoms with Gasteiger partial charge in [0, 0.05) is 51.1 Å². The third-order valence-electron chi connectivity index (χ3n) is 8.21. The van der Waals surface area contributed by atoms with Crippen molar-refractivity contribution in [1.82, 2.24) is 20.0 Å². The van der Waals surface area contributed by atoms with Crippen molar-refractivity contribution in [1.29, 1.82) is 0 Å². The lowest BCUT2D eigenvalue weighted by Crippen LogP contribution is -2.48. The molecule has 2 N–H and O–H groups in total. The van der Waals surface area contributed by atoms with Crippen LogP contribution in [0.2, 0.25) is 0 Å². The van der Waals surface area contributed by atoms with Gasteiger partial charge in [0.15, 0.2) is 5.82 Å². The van der Waals surface area contributed by atoms with Gasteiger partial charge in [0.1, 0.15) is 23.6 Å². The van der Waals surface area contributed by atoms with Gasteiger partial charge in [0.2, 0.25) is 11.8 Å². The van der Waals surface area contributed by atoms with E-state index in [1.54, 1.807) is 40.1 Å². The van der Waals surface area contributed by atoms with E-state index in [9.17, 15) is 18.4 Å². The number of hydrogen-bond donors (Lipinski definition) is 1. The van der Waals surface area contributed by atoms with Crippen LogP contribution in [0.3, 0.4) is 0 Å². The lowest BCUT2D eigenvalue weighted by Gasteiger charge is -2.38. The maximum atomic E-state index is 15.1. The Morgan fingerprint density at radius 2 is 1.82 bits per heavy atom.